The van der Waals surface area contributed by atoms with E-state index in [0.29, 0.717) is 23.3 Å². The number of ether oxygens (including phenoxy) is 2. The highest BCUT2D eigenvalue weighted by Crippen LogP contribution is 2.32. The van der Waals surface area contributed by atoms with Crippen LogP contribution in [-0.4, -0.2) is 31.0 Å². The summed E-state index contributed by atoms with van der Waals surface area (Å²) < 4.78 is 12.1. The van der Waals surface area contributed by atoms with Crippen molar-refractivity contribution in [3.8, 4) is 11.5 Å². The first-order valence-electron chi connectivity index (χ1n) is 7.96. The van der Waals surface area contributed by atoms with Gasteiger partial charge in [0.2, 0.25) is 0 Å². The van der Waals surface area contributed by atoms with E-state index < -0.39 is 0 Å². The molecule has 0 fully saturated rings. The Balaban J connectivity index is 2.16. The number of aryl methyl sites for hydroxylation is 1. The van der Waals surface area contributed by atoms with Crippen LogP contribution >= 0.6 is 0 Å². The molecule has 25 heavy (non-hydrogen) atoms. The molecule has 3 rings (SSSR count). The van der Waals surface area contributed by atoms with E-state index in [2.05, 4.69) is 10.4 Å². The number of methoxy groups -OCH3 is 2. The smallest absolute Gasteiger partial charge is 0.274 e. The van der Waals surface area contributed by atoms with Crippen LogP contribution in [0.5, 0.6) is 11.5 Å². The lowest BCUT2D eigenvalue weighted by molar-refractivity contribution is 0.355. The van der Waals surface area contributed by atoms with E-state index in [0.717, 1.165) is 22.3 Å². The number of nitrogens with zero attached hydrogens (tertiary/aromatic N) is 2. The summed E-state index contributed by atoms with van der Waals surface area (Å²) in [5.74, 6) is 1.11. The Bertz CT molecular complexity index is 962. The maximum Gasteiger partial charge on any atom is 0.274 e. The first-order chi connectivity index (χ1) is 12.1. The number of hydrogen-bond donors (Lipinski definition) is 1. The number of nitrogens with one attached hydrogen (secondary N) is 1. The standard InChI is InChI=1S/C19H21N3O3/c1-20-13-7-5-12(6-8-13)9-16-14-10-17(24-3)18(25-4)11-15(14)19(23)22(2)21-16/h5-8,10-11,20H,9H2,1-4H3. The van der Waals surface area contributed by atoms with E-state index in [1.807, 2.05) is 37.4 Å². The van der Waals surface area contributed by atoms with Crippen molar-refractivity contribution < 1.29 is 9.47 Å². The molecule has 1 heterocycles. The van der Waals surface area contributed by atoms with E-state index in [-0.39, 0.29) is 5.56 Å². The Labute approximate surface area is 146 Å². The first kappa shape index (κ1) is 16.8. The molecule has 0 aliphatic rings. The van der Waals surface area contributed by atoms with Gasteiger partial charge in [0.15, 0.2) is 11.5 Å². The molecule has 2 aromatic carbocycles. The number of fused-ring (bicyclic) bond motifs is 1. The second-order valence-electron chi connectivity index (χ2n) is 5.75. The van der Waals surface area contributed by atoms with Crippen molar-refractivity contribution in [3.05, 3.63) is 58.0 Å². The second kappa shape index (κ2) is 6.84. The SMILES string of the molecule is CNc1ccc(Cc2nn(C)c(=O)c3cc(OC)c(OC)cc23)cc1. The number of hydrogen-bond acceptors (Lipinski definition) is 5. The van der Waals surface area contributed by atoms with Crippen LogP contribution < -0.4 is 20.3 Å². The monoisotopic (exact) mass is 339 g/mol. The molecule has 0 aliphatic carbocycles. The molecule has 1 N–H and O–H groups in total. The van der Waals surface area contributed by atoms with Crippen molar-refractivity contribution in [2.24, 2.45) is 7.05 Å². The average molecular weight is 339 g/mol. The molecular weight excluding hydrogens is 318 g/mol. The van der Waals surface area contributed by atoms with Crippen molar-refractivity contribution >= 4 is 16.5 Å². The number of rotatable bonds is 5. The zero-order chi connectivity index (χ0) is 18.0. The van der Waals surface area contributed by atoms with Crippen LogP contribution in [0.15, 0.2) is 41.2 Å². The van der Waals surface area contributed by atoms with Crippen LogP contribution in [0.4, 0.5) is 5.69 Å². The van der Waals surface area contributed by atoms with Crippen molar-refractivity contribution in [1.29, 1.82) is 0 Å². The maximum absolute atomic E-state index is 12.5. The third-order valence-electron chi connectivity index (χ3n) is 4.24. The van der Waals surface area contributed by atoms with Gasteiger partial charge in [0.05, 0.1) is 25.3 Å². The van der Waals surface area contributed by atoms with E-state index in [1.165, 1.54) is 4.68 Å². The molecule has 6 nitrogen and oxygen atoms in total. The third kappa shape index (κ3) is 3.15. The zero-order valence-corrected chi connectivity index (χ0v) is 14.8. The molecule has 0 unspecified atom stereocenters. The minimum Gasteiger partial charge on any atom is -0.493 e. The predicted molar refractivity (Wildman–Crippen MR) is 98.9 cm³/mol. The van der Waals surface area contributed by atoms with Gasteiger partial charge in [0.25, 0.3) is 5.56 Å². The molecule has 3 aromatic rings. The van der Waals surface area contributed by atoms with Gasteiger partial charge >= 0.3 is 0 Å². The van der Waals surface area contributed by atoms with E-state index in [1.54, 1.807) is 27.3 Å². The number of anilines is 1. The van der Waals surface area contributed by atoms with Gasteiger partial charge in [0.1, 0.15) is 0 Å². The molecule has 0 aliphatic heterocycles. The molecule has 1 aromatic heterocycles. The Morgan fingerprint density at radius 2 is 1.64 bits per heavy atom. The zero-order valence-electron chi connectivity index (χ0n) is 14.8. The van der Waals surface area contributed by atoms with Crippen molar-refractivity contribution in [2.45, 2.75) is 6.42 Å². The first-order valence-corrected chi connectivity index (χ1v) is 7.96. The molecule has 0 amide bonds. The Kier molecular flexibility index (Phi) is 4.61. The van der Waals surface area contributed by atoms with E-state index in [4.69, 9.17) is 9.47 Å². The molecule has 130 valence electrons. The highest BCUT2D eigenvalue weighted by atomic mass is 16.5. The minimum atomic E-state index is -0.162. The Morgan fingerprint density at radius 1 is 1.04 bits per heavy atom. The minimum absolute atomic E-state index is 0.162. The summed E-state index contributed by atoms with van der Waals surface area (Å²) in [6.45, 7) is 0. The quantitative estimate of drug-likeness (QED) is 0.774. The summed E-state index contributed by atoms with van der Waals surface area (Å²) >= 11 is 0. The summed E-state index contributed by atoms with van der Waals surface area (Å²) in [6, 6.07) is 11.7. The van der Waals surface area contributed by atoms with Gasteiger partial charge in [0, 0.05) is 31.6 Å². The molecular formula is C19H21N3O3. The number of aromatic nitrogens is 2. The van der Waals surface area contributed by atoms with Crippen LogP contribution in [0.3, 0.4) is 0 Å². The lowest BCUT2D eigenvalue weighted by atomic mass is 10.0. The van der Waals surface area contributed by atoms with Gasteiger partial charge in [-0.3, -0.25) is 4.79 Å². The van der Waals surface area contributed by atoms with Gasteiger partial charge in [-0.2, -0.15) is 5.10 Å². The van der Waals surface area contributed by atoms with Crippen LogP contribution in [0.25, 0.3) is 10.8 Å². The van der Waals surface area contributed by atoms with E-state index in [9.17, 15) is 4.79 Å². The second-order valence-corrected chi connectivity index (χ2v) is 5.75. The fraction of sp³-hybridized carbons (Fsp3) is 0.263. The molecule has 0 bridgehead atoms. The van der Waals surface area contributed by atoms with Crippen LogP contribution in [0.2, 0.25) is 0 Å². The maximum atomic E-state index is 12.5. The van der Waals surface area contributed by atoms with E-state index >= 15 is 0 Å². The molecule has 0 spiro atoms. The highest BCUT2D eigenvalue weighted by molar-refractivity contribution is 5.87. The van der Waals surface area contributed by atoms with Gasteiger partial charge in [-0.15, -0.1) is 0 Å². The summed E-state index contributed by atoms with van der Waals surface area (Å²) in [7, 11) is 6.68. The molecule has 6 heteroatoms. The Hall–Kier alpha value is -3.02. The van der Waals surface area contributed by atoms with Gasteiger partial charge < -0.3 is 14.8 Å². The third-order valence-corrected chi connectivity index (χ3v) is 4.24. The number of benzene rings is 2. The summed E-state index contributed by atoms with van der Waals surface area (Å²) in [5.41, 5.74) is 2.81. The summed E-state index contributed by atoms with van der Waals surface area (Å²) in [6.07, 6.45) is 0.615. The van der Waals surface area contributed by atoms with Gasteiger partial charge in [-0.05, 0) is 29.8 Å². The fourth-order valence-corrected chi connectivity index (χ4v) is 2.86. The predicted octanol–water partition coefficient (Wildman–Crippen LogP) is 2.58. The Morgan fingerprint density at radius 3 is 2.20 bits per heavy atom. The molecule has 0 saturated heterocycles. The summed E-state index contributed by atoms with van der Waals surface area (Å²) in [4.78, 5) is 12.5. The summed E-state index contributed by atoms with van der Waals surface area (Å²) in [5, 5.41) is 8.91. The lowest BCUT2D eigenvalue weighted by Crippen LogP contribution is -2.21. The van der Waals surface area contributed by atoms with Crippen LogP contribution in [0.1, 0.15) is 11.3 Å². The van der Waals surface area contributed by atoms with Crippen LogP contribution in [-0.2, 0) is 13.5 Å². The molecule has 0 radical (unpaired) electrons. The van der Waals surface area contributed by atoms with Crippen LogP contribution in [0, 0.1) is 0 Å². The van der Waals surface area contributed by atoms with Gasteiger partial charge in [-0.25, -0.2) is 4.68 Å². The van der Waals surface area contributed by atoms with Crippen molar-refractivity contribution in [3.63, 3.8) is 0 Å². The largest absolute Gasteiger partial charge is 0.493 e. The topological polar surface area (TPSA) is 65.4 Å². The fourth-order valence-electron chi connectivity index (χ4n) is 2.86. The molecule has 0 atom stereocenters. The average Bonchev–Trinajstić information content (AvgIpc) is 2.65. The molecule has 0 saturated carbocycles. The normalized spacial score (nSPS) is 10.7. The van der Waals surface area contributed by atoms with Crippen molar-refractivity contribution in [1.82, 2.24) is 9.78 Å². The van der Waals surface area contributed by atoms with Crippen molar-refractivity contribution in [2.75, 3.05) is 26.6 Å². The van der Waals surface area contributed by atoms with Gasteiger partial charge in [-0.1, -0.05) is 12.1 Å². The highest BCUT2D eigenvalue weighted by Gasteiger charge is 2.14. The lowest BCUT2D eigenvalue weighted by Gasteiger charge is -2.13.